The van der Waals surface area contributed by atoms with Crippen LogP contribution in [0.25, 0.3) is 0 Å². The van der Waals surface area contributed by atoms with E-state index in [0.29, 0.717) is 24.9 Å². The second-order valence-corrected chi connectivity index (χ2v) is 6.54. The Labute approximate surface area is 124 Å². The van der Waals surface area contributed by atoms with E-state index < -0.39 is 12.0 Å². The molecule has 0 aromatic heterocycles. The van der Waals surface area contributed by atoms with E-state index in [9.17, 15) is 14.7 Å². The largest absolute Gasteiger partial charge is 0.480 e. The third-order valence-corrected chi connectivity index (χ3v) is 5.26. The number of carboxylic acid groups (broad SMARTS) is 1. The van der Waals surface area contributed by atoms with Gasteiger partial charge in [-0.05, 0) is 43.4 Å². The number of carbonyl (C=O) groups excluding carboxylic acids is 1. The molecular formula is C15H24N2O4. The van der Waals surface area contributed by atoms with Gasteiger partial charge < -0.3 is 20.1 Å². The zero-order chi connectivity index (χ0) is 14.8. The summed E-state index contributed by atoms with van der Waals surface area (Å²) in [5.74, 6) is 0.193. The summed E-state index contributed by atoms with van der Waals surface area (Å²) in [5, 5.41) is 12.3. The number of aliphatic carboxylic acids is 1. The first kappa shape index (κ1) is 14.6. The highest BCUT2D eigenvalue weighted by Crippen LogP contribution is 2.42. The van der Waals surface area contributed by atoms with Crippen LogP contribution in [0.5, 0.6) is 0 Å². The van der Waals surface area contributed by atoms with E-state index in [2.05, 4.69) is 5.32 Å². The highest BCUT2D eigenvalue weighted by molar-refractivity contribution is 5.83. The van der Waals surface area contributed by atoms with Crippen LogP contribution < -0.4 is 5.32 Å². The summed E-state index contributed by atoms with van der Waals surface area (Å²) in [5.41, 5.74) is 0. The monoisotopic (exact) mass is 296 g/mol. The Balaban J connectivity index is 1.52. The van der Waals surface area contributed by atoms with Gasteiger partial charge in [-0.25, -0.2) is 9.59 Å². The molecule has 2 heterocycles. The van der Waals surface area contributed by atoms with Gasteiger partial charge in [0.25, 0.3) is 0 Å². The molecule has 2 N–H and O–H groups in total. The van der Waals surface area contributed by atoms with Gasteiger partial charge in [0.15, 0.2) is 0 Å². The van der Waals surface area contributed by atoms with Crippen molar-refractivity contribution in [1.82, 2.24) is 10.2 Å². The number of likely N-dealkylation sites (tertiary alicyclic amines) is 1. The van der Waals surface area contributed by atoms with Gasteiger partial charge in [-0.1, -0.05) is 6.42 Å². The van der Waals surface area contributed by atoms with E-state index in [1.54, 1.807) is 4.90 Å². The third-order valence-electron chi connectivity index (χ3n) is 5.26. The molecule has 0 aromatic carbocycles. The van der Waals surface area contributed by atoms with Crippen molar-refractivity contribution < 1.29 is 19.4 Å². The highest BCUT2D eigenvalue weighted by atomic mass is 16.5. The minimum atomic E-state index is -0.858. The molecule has 2 aliphatic heterocycles. The zero-order valence-electron chi connectivity index (χ0n) is 12.3. The molecule has 21 heavy (non-hydrogen) atoms. The van der Waals surface area contributed by atoms with Crippen molar-refractivity contribution in [3.8, 4) is 0 Å². The summed E-state index contributed by atoms with van der Waals surface area (Å²) in [7, 11) is 0. The fourth-order valence-electron chi connectivity index (χ4n) is 4.13. The molecule has 2 saturated heterocycles. The lowest BCUT2D eigenvalue weighted by molar-refractivity contribution is -0.142. The summed E-state index contributed by atoms with van der Waals surface area (Å²) >= 11 is 0. The Hall–Kier alpha value is -1.30. The van der Waals surface area contributed by atoms with Crippen LogP contribution in [0.3, 0.4) is 0 Å². The van der Waals surface area contributed by atoms with Crippen molar-refractivity contribution in [2.24, 2.45) is 17.8 Å². The highest BCUT2D eigenvalue weighted by Gasteiger charge is 2.49. The maximum absolute atomic E-state index is 12.3. The minimum absolute atomic E-state index is 0.150. The SMILES string of the molecule is O=C(O)C1C2CCCC2CN1C(=O)NCCC1CCOC1. The molecule has 4 unspecified atom stereocenters. The standard InChI is InChI=1S/C15H24N2O4/c18-14(19)13-12-3-1-2-11(12)8-17(13)15(20)16-6-4-10-5-7-21-9-10/h10-13H,1-9H2,(H,16,20)(H,18,19). The number of carbonyl (C=O) groups is 2. The maximum atomic E-state index is 12.3. The smallest absolute Gasteiger partial charge is 0.326 e. The van der Waals surface area contributed by atoms with Crippen LogP contribution in [-0.4, -0.2) is 54.4 Å². The fraction of sp³-hybridized carbons (Fsp3) is 0.867. The van der Waals surface area contributed by atoms with E-state index >= 15 is 0 Å². The Morgan fingerprint density at radius 3 is 2.86 bits per heavy atom. The number of nitrogens with zero attached hydrogens (tertiary/aromatic N) is 1. The summed E-state index contributed by atoms with van der Waals surface area (Å²) < 4.78 is 5.31. The number of rotatable bonds is 4. The lowest BCUT2D eigenvalue weighted by atomic mass is 9.94. The van der Waals surface area contributed by atoms with E-state index in [4.69, 9.17) is 4.74 Å². The zero-order valence-corrected chi connectivity index (χ0v) is 12.3. The topological polar surface area (TPSA) is 78.9 Å². The molecule has 1 aliphatic carbocycles. The van der Waals surface area contributed by atoms with Gasteiger partial charge in [0.05, 0.1) is 0 Å². The average molecular weight is 296 g/mol. The Morgan fingerprint density at radius 1 is 1.29 bits per heavy atom. The summed E-state index contributed by atoms with van der Waals surface area (Å²) in [4.78, 5) is 25.3. The predicted molar refractivity (Wildman–Crippen MR) is 75.9 cm³/mol. The molecular weight excluding hydrogens is 272 g/mol. The van der Waals surface area contributed by atoms with Crippen LogP contribution >= 0.6 is 0 Å². The summed E-state index contributed by atoms with van der Waals surface area (Å²) in [6.45, 7) is 2.79. The Morgan fingerprint density at radius 2 is 2.14 bits per heavy atom. The molecule has 3 rings (SSSR count). The van der Waals surface area contributed by atoms with Gasteiger partial charge in [-0.3, -0.25) is 0 Å². The number of hydrogen-bond donors (Lipinski definition) is 2. The van der Waals surface area contributed by atoms with Crippen molar-refractivity contribution in [2.75, 3.05) is 26.3 Å². The van der Waals surface area contributed by atoms with Gasteiger partial charge >= 0.3 is 12.0 Å². The van der Waals surface area contributed by atoms with Crippen molar-refractivity contribution in [3.05, 3.63) is 0 Å². The Kier molecular flexibility index (Phi) is 4.33. The number of nitrogens with one attached hydrogen (secondary N) is 1. The lowest BCUT2D eigenvalue weighted by Gasteiger charge is -2.24. The number of carboxylic acids is 1. The average Bonchev–Trinajstić information content (AvgIpc) is 3.13. The quantitative estimate of drug-likeness (QED) is 0.820. The van der Waals surface area contributed by atoms with E-state index in [1.165, 1.54) is 0 Å². The Bertz CT molecular complexity index is 408. The third kappa shape index (κ3) is 3.00. The van der Waals surface area contributed by atoms with Crippen molar-refractivity contribution in [3.63, 3.8) is 0 Å². The molecule has 1 saturated carbocycles. The van der Waals surface area contributed by atoms with Crippen molar-refractivity contribution >= 4 is 12.0 Å². The van der Waals surface area contributed by atoms with Gasteiger partial charge in [0.1, 0.15) is 6.04 Å². The molecule has 2 amide bonds. The first-order valence-corrected chi connectivity index (χ1v) is 8.02. The second-order valence-electron chi connectivity index (χ2n) is 6.54. The first-order valence-electron chi connectivity index (χ1n) is 8.02. The van der Waals surface area contributed by atoms with Crippen molar-refractivity contribution in [1.29, 1.82) is 0 Å². The number of amides is 2. The number of ether oxygens (including phenoxy) is 1. The lowest BCUT2D eigenvalue weighted by Crippen LogP contribution is -2.48. The normalized spacial score (nSPS) is 35.0. The number of urea groups is 1. The van der Waals surface area contributed by atoms with Crippen LogP contribution in [0.2, 0.25) is 0 Å². The number of hydrogen-bond acceptors (Lipinski definition) is 3. The molecule has 4 atom stereocenters. The minimum Gasteiger partial charge on any atom is -0.480 e. The predicted octanol–water partition coefficient (Wildman–Crippen LogP) is 1.31. The van der Waals surface area contributed by atoms with Gasteiger partial charge in [-0.2, -0.15) is 0 Å². The van der Waals surface area contributed by atoms with Gasteiger partial charge in [-0.15, -0.1) is 0 Å². The molecule has 0 aromatic rings. The second kappa shape index (κ2) is 6.22. The molecule has 6 heteroatoms. The first-order chi connectivity index (χ1) is 10.2. The molecule has 0 radical (unpaired) electrons. The molecule has 0 bridgehead atoms. The number of fused-ring (bicyclic) bond motifs is 1. The van der Waals surface area contributed by atoms with Crippen LogP contribution in [0, 0.1) is 17.8 Å². The molecule has 118 valence electrons. The van der Waals surface area contributed by atoms with Gasteiger partial charge in [0.2, 0.25) is 0 Å². The molecule has 3 fully saturated rings. The molecule has 0 spiro atoms. The summed E-state index contributed by atoms with van der Waals surface area (Å²) in [6.07, 6.45) is 5.05. The van der Waals surface area contributed by atoms with Crippen LogP contribution in [0.15, 0.2) is 0 Å². The van der Waals surface area contributed by atoms with Crippen LogP contribution in [0.4, 0.5) is 4.79 Å². The summed E-state index contributed by atoms with van der Waals surface area (Å²) in [6, 6.07) is -0.844. The van der Waals surface area contributed by atoms with Crippen LogP contribution in [-0.2, 0) is 9.53 Å². The van der Waals surface area contributed by atoms with Gasteiger partial charge in [0, 0.05) is 26.3 Å². The van der Waals surface area contributed by atoms with E-state index in [1.807, 2.05) is 0 Å². The maximum Gasteiger partial charge on any atom is 0.326 e. The van der Waals surface area contributed by atoms with Crippen LogP contribution in [0.1, 0.15) is 32.1 Å². The van der Waals surface area contributed by atoms with E-state index in [0.717, 1.165) is 45.3 Å². The molecule has 6 nitrogen and oxygen atoms in total. The fourth-order valence-corrected chi connectivity index (χ4v) is 4.13. The molecule has 3 aliphatic rings. The van der Waals surface area contributed by atoms with E-state index in [-0.39, 0.29) is 11.9 Å². The van der Waals surface area contributed by atoms with Crippen molar-refractivity contribution in [2.45, 2.75) is 38.1 Å².